The Hall–Kier alpha value is -2.33. The van der Waals surface area contributed by atoms with Crippen LogP contribution in [0.4, 0.5) is 5.69 Å². The van der Waals surface area contributed by atoms with E-state index in [0.29, 0.717) is 6.54 Å². The van der Waals surface area contributed by atoms with Crippen LogP contribution in [0.2, 0.25) is 0 Å². The number of nitrogens with zero attached hydrogens (tertiary/aromatic N) is 3. The Morgan fingerprint density at radius 2 is 1.71 bits per heavy atom. The highest BCUT2D eigenvalue weighted by Crippen LogP contribution is 2.37. The fourth-order valence-corrected chi connectivity index (χ4v) is 4.56. The minimum atomic E-state index is 0.672. The summed E-state index contributed by atoms with van der Waals surface area (Å²) < 4.78 is 2.29. The van der Waals surface area contributed by atoms with Gasteiger partial charge in [0, 0.05) is 42.6 Å². The maximum absolute atomic E-state index is 5.97. The summed E-state index contributed by atoms with van der Waals surface area (Å²) in [4.78, 5) is 7.47. The lowest BCUT2D eigenvalue weighted by Gasteiger charge is -2.26. The molecule has 1 fully saturated rings. The van der Waals surface area contributed by atoms with Crippen molar-refractivity contribution in [2.45, 2.75) is 47.5 Å². The number of anilines is 1. The second kappa shape index (κ2) is 7.25. The number of aryl methyl sites for hydroxylation is 5. The molecule has 28 heavy (non-hydrogen) atoms. The largest absolute Gasteiger partial charge is 0.369 e. The maximum Gasteiger partial charge on any atom is 0.147 e. The number of benzene rings is 1. The SMILES string of the molecule is Cc1cc(C)c(-n2cc(C)c3c(N(CCN)CC4CC4)cc(C)nc32)c(C)c1. The molecule has 2 aromatic heterocycles. The molecule has 4 rings (SSSR count). The third-order valence-corrected chi connectivity index (χ3v) is 5.84. The highest BCUT2D eigenvalue weighted by atomic mass is 15.2. The maximum atomic E-state index is 5.97. The Labute approximate surface area is 168 Å². The second-order valence-corrected chi connectivity index (χ2v) is 8.59. The molecule has 0 spiro atoms. The highest BCUT2D eigenvalue weighted by molar-refractivity contribution is 5.95. The zero-order valence-corrected chi connectivity index (χ0v) is 17.8. The monoisotopic (exact) mass is 376 g/mol. The van der Waals surface area contributed by atoms with E-state index < -0.39 is 0 Å². The summed E-state index contributed by atoms with van der Waals surface area (Å²) in [5.74, 6) is 0.819. The molecule has 0 atom stereocenters. The van der Waals surface area contributed by atoms with E-state index in [1.807, 2.05) is 0 Å². The number of rotatable bonds is 6. The number of fused-ring (bicyclic) bond motifs is 1. The fourth-order valence-electron chi connectivity index (χ4n) is 4.56. The van der Waals surface area contributed by atoms with Gasteiger partial charge >= 0.3 is 0 Å². The number of hydrogen-bond donors (Lipinski definition) is 1. The smallest absolute Gasteiger partial charge is 0.147 e. The van der Waals surface area contributed by atoms with Gasteiger partial charge in [0.15, 0.2) is 0 Å². The Morgan fingerprint density at radius 3 is 2.32 bits per heavy atom. The first-order valence-corrected chi connectivity index (χ1v) is 10.4. The van der Waals surface area contributed by atoms with E-state index in [4.69, 9.17) is 10.7 Å². The predicted octanol–water partition coefficient (Wildman–Crippen LogP) is 4.74. The lowest BCUT2D eigenvalue weighted by molar-refractivity contribution is 0.723. The van der Waals surface area contributed by atoms with Crippen molar-refractivity contribution >= 4 is 16.7 Å². The van der Waals surface area contributed by atoms with Crippen LogP contribution in [0, 0.1) is 40.5 Å². The van der Waals surface area contributed by atoms with Gasteiger partial charge in [0.1, 0.15) is 5.65 Å². The van der Waals surface area contributed by atoms with Crippen LogP contribution < -0.4 is 10.6 Å². The van der Waals surface area contributed by atoms with Crippen LogP contribution in [0.25, 0.3) is 16.7 Å². The quantitative estimate of drug-likeness (QED) is 0.676. The molecule has 1 aliphatic rings. The van der Waals surface area contributed by atoms with Crippen molar-refractivity contribution in [2.75, 3.05) is 24.5 Å². The van der Waals surface area contributed by atoms with Crippen LogP contribution in [0.3, 0.4) is 0 Å². The van der Waals surface area contributed by atoms with Gasteiger partial charge in [-0.25, -0.2) is 4.98 Å². The Morgan fingerprint density at radius 1 is 1.04 bits per heavy atom. The lowest BCUT2D eigenvalue weighted by atomic mass is 10.1. The first-order chi connectivity index (χ1) is 13.4. The van der Waals surface area contributed by atoms with Crippen molar-refractivity contribution in [3.63, 3.8) is 0 Å². The van der Waals surface area contributed by atoms with Crippen LogP contribution in [0.1, 0.15) is 40.8 Å². The van der Waals surface area contributed by atoms with Crippen molar-refractivity contribution in [2.24, 2.45) is 11.7 Å². The normalized spacial score (nSPS) is 14.1. The average Bonchev–Trinajstić information content (AvgIpc) is 3.37. The molecule has 0 bridgehead atoms. The first kappa shape index (κ1) is 19.0. The summed E-state index contributed by atoms with van der Waals surface area (Å²) in [5, 5.41) is 1.26. The van der Waals surface area contributed by atoms with Crippen molar-refractivity contribution in [1.29, 1.82) is 0 Å². The molecular weight excluding hydrogens is 344 g/mol. The summed E-state index contributed by atoms with van der Waals surface area (Å²) >= 11 is 0. The van der Waals surface area contributed by atoms with Crippen LogP contribution in [-0.4, -0.2) is 29.2 Å². The van der Waals surface area contributed by atoms with E-state index >= 15 is 0 Å². The molecule has 1 aromatic carbocycles. The van der Waals surface area contributed by atoms with E-state index in [0.717, 1.165) is 30.3 Å². The van der Waals surface area contributed by atoms with Crippen LogP contribution in [0.15, 0.2) is 24.4 Å². The minimum Gasteiger partial charge on any atom is -0.369 e. The molecule has 148 valence electrons. The highest BCUT2D eigenvalue weighted by Gasteiger charge is 2.26. The van der Waals surface area contributed by atoms with Crippen LogP contribution >= 0.6 is 0 Å². The van der Waals surface area contributed by atoms with Gasteiger partial charge in [0.2, 0.25) is 0 Å². The minimum absolute atomic E-state index is 0.672. The van der Waals surface area contributed by atoms with Crippen molar-refractivity contribution in [1.82, 2.24) is 9.55 Å². The third-order valence-electron chi connectivity index (χ3n) is 5.84. The van der Waals surface area contributed by atoms with Crippen molar-refractivity contribution < 1.29 is 0 Å². The Balaban J connectivity index is 1.93. The molecule has 1 aliphatic carbocycles. The number of nitrogens with two attached hydrogens (primary N) is 1. The standard InChI is InChI=1S/C24H32N4/c1-15-10-16(2)23(17(3)11-15)28-13-18(4)22-21(12-19(5)26-24(22)28)27(9-8-25)14-20-6-7-20/h10-13,20H,6-9,14,25H2,1-5H3. The molecule has 0 saturated heterocycles. The molecule has 0 amide bonds. The van der Waals surface area contributed by atoms with Gasteiger partial charge in [0.05, 0.1) is 5.69 Å². The summed E-state index contributed by atoms with van der Waals surface area (Å²) in [5.41, 5.74) is 15.8. The zero-order valence-electron chi connectivity index (χ0n) is 17.8. The second-order valence-electron chi connectivity index (χ2n) is 8.59. The van der Waals surface area contributed by atoms with Gasteiger partial charge < -0.3 is 15.2 Å². The van der Waals surface area contributed by atoms with E-state index in [1.165, 1.54) is 51.9 Å². The summed E-state index contributed by atoms with van der Waals surface area (Å²) in [6, 6.07) is 6.76. The van der Waals surface area contributed by atoms with E-state index in [9.17, 15) is 0 Å². The Bertz CT molecular complexity index is 1000. The molecule has 3 aromatic rings. The van der Waals surface area contributed by atoms with Gasteiger partial charge in [0.25, 0.3) is 0 Å². The summed E-state index contributed by atoms with van der Waals surface area (Å²) in [6.45, 7) is 13.5. The van der Waals surface area contributed by atoms with Crippen LogP contribution in [0.5, 0.6) is 0 Å². The first-order valence-electron chi connectivity index (χ1n) is 10.4. The Kier molecular flexibility index (Phi) is 4.92. The predicted molar refractivity (Wildman–Crippen MR) is 119 cm³/mol. The molecule has 0 aliphatic heterocycles. The van der Waals surface area contributed by atoms with Gasteiger partial charge in [-0.05, 0) is 76.1 Å². The number of aromatic nitrogens is 2. The van der Waals surface area contributed by atoms with Crippen LogP contribution in [-0.2, 0) is 0 Å². The van der Waals surface area contributed by atoms with Gasteiger partial charge in [-0.15, -0.1) is 0 Å². The number of pyridine rings is 1. The van der Waals surface area contributed by atoms with Crippen molar-refractivity contribution in [3.05, 3.63) is 52.3 Å². The molecule has 0 radical (unpaired) electrons. The zero-order chi connectivity index (χ0) is 20.0. The van der Waals surface area contributed by atoms with E-state index in [2.05, 4.69) is 68.5 Å². The molecular formula is C24H32N4. The number of hydrogen-bond acceptors (Lipinski definition) is 3. The molecule has 1 saturated carbocycles. The average molecular weight is 377 g/mol. The van der Waals surface area contributed by atoms with E-state index in [1.54, 1.807) is 0 Å². The summed E-state index contributed by atoms with van der Waals surface area (Å²) in [7, 11) is 0. The fraction of sp³-hybridized carbons (Fsp3) is 0.458. The van der Waals surface area contributed by atoms with Gasteiger partial charge in [-0.2, -0.15) is 0 Å². The molecule has 2 heterocycles. The van der Waals surface area contributed by atoms with Gasteiger partial charge in [-0.3, -0.25) is 0 Å². The van der Waals surface area contributed by atoms with Crippen molar-refractivity contribution in [3.8, 4) is 5.69 Å². The van der Waals surface area contributed by atoms with Gasteiger partial charge in [-0.1, -0.05) is 17.7 Å². The third kappa shape index (κ3) is 3.42. The molecule has 2 N–H and O–H groups in total. The topological polar surface area (TPSA) is 47.1 Å². The lowest BCUT2D eigenvalue weighted by Crippen LogP contribution is -2.31. The molecule has 4 nitrogen and oxygen atoms in total. The molecule has 0 unspecified atom stereocenters. The molecule has 4 heteroatoms. The summed E-state index contributed by atoms with van der Waals surface area (Å²) in [6.07, 6.45) is 4.94. The van der Waals surface area contributed by atoms with E-state index in [-0.39, 0.29) is 0 Å².